The molecular formula is C39H52F3N. The lowest BCUT2D eigenvalue weighted by atomic mass is 10.0. The highest BCUT2D eigenvalue weighted by molar-refractivity contribution is 5.28. The molecule has 0 atom stereocenters. The van der Waals surface area contributed by atoms with E-state index in [4.69, 9.17) is 0 Å². The number of pyridine rings is 1. The molecule has 0 aliphatic heterocycles. The summed E-state index contributed by atoms with van der Waals surface area (Å²) < 4.78 is 39.3. The molecule has 0 spiro atoms. The molecule has 0 fully saturated rings. The third-order valence-corrected chi connectivity index (χ3v) is 6.92. The monoisotopic (exact) mass is 591 g/mol. The second-order valence-electron chi connectivity index (χ2n) is 12.4. The quantitative estimate of drug-likeness (QED) is 0.230. The third-order valence-electron chi connectivity index (χ3n) is 6.92. The maximum atomic E-state index is 13.1. The standard InChI is InChI=1S/C10H12F2.C10H13F.C10H14.C9H13N/c1-6(2)10-8(11)4-7(3)5-9(10)12;1-7(2)9-5-4-8(3)6-10(9)11;1-8(2)10-6-4-9(3)5-7-10;1-7(2)9-5-4-8(3)10-6-9/h4-6H,1-3H3;4-7H,1-3H3;4-8H,1-3H3;4-7H,1-3H3. The molecule has 0 N–H and O–H groups in total. The summed E-state index contributed by atoms with van der Waals surface area (Å²) in [6.07, 6.45) is 1.94. The van der Waals surface area contributed by atoms with Crippen LogP contribution in [0.25, 0.3) is 0 Å². The van der Waals surface area contributed by atoms with Crippen LogP contribution in [-0.2, 0) is 0 Å². The minimum absolute atomic E-state index is 0.0833. The van der Waals surface area contributed by atoms with Gasteiger partial charge in [0.2, 0.25) is 0 Å². The number of rotatable bonds is 4. The lowest BCUT2D eigenvalue weighted by molar-refractivity contribution is 0.540. The van der Waals surface area contributed by atoms with Crippen molar-refractivity contribution in [3.63, 3.8) is 0 Å². The molecule has 4 aromatic rings. The summed E-state index contributed by atoms with van der Waals surface area (Å²) in [5.41, 5.74) is 7.74. The first-order chi connectivity index (χ1) is 20.0. The van der Waals surface area contributed by atoms with E-state index in [1.54, 1.807) is 26.8 Å². The van der Waals surface area contributed by atoms with Crippen molar-refractivity contribution in [2.24, 2.45) is 0 Å². The van der Waals surface area contributed by atoms with Gasteiger partial charge in [-0.15, -0.1) is 0 Å². The molecule has 3 aromatic carbocycles. The van der Waals surface area contributed by atoms with E-state index in [1.807, 2.05) is 46.0 Å². The van der Waals surface area contributed by atoms with Gasteiger partial charge in [-0.05, 0) is 103 Å². The Morgan fingerprint density at radius 2 is 0.930 bits per heavy atom. The Kier molecular flexibility index (Phi) is 16.0. The summed E-state index contributed by atoms with van der Waals surface area (Å²) in [5.74, 6) is 0.444. The topological polar surface area (TPSA) is 12.9 Å². The number of hydrogen-bond acceptors (Lipinski definition) is 1. The first-order valence-corrected chi connectivity index (χ1v) is 15.2. The van der Waals surface area contributed by atoms with E-state index in [0.29, 0.717) is 17.4 Å². The summed E-state index contributed by atoms with van der Waals surface area (Å²) in [6.45, 7) is 24.0. The van der Waals surface area contributed by atoms with Gasteiger partial charge in [-0.1, -0.05) is 103 Å². The van der Waals surface area contributed by atoms with Crippen LogP contribution in [0.3, 0.4) is 0 Å². The maximum absolute atomic E-state index is 13.1. The molecule has 0 aliphatic rings. The van der Waals surface area contributed by atoms with E-state index in [0.717, 1.165) is 16.8 Å². The minimum atomic E-state index is -0.442. The van der Waals surface area contributed by atoms with Gasteiger partial charge in [-0.2, -0.15) is 0 Å². The van der Waals surface area contributed by atoms with Crippen LogP contribution >= 0.6 is 0 Å². The molecule has 0 bridgehead atoms. The second-order valence-corrected chi connectivity index (χ2v) is 12.4. The molecular weight excluding hydrogens is 539 g/mol. The smallest absolute Gasteiger partial charge is 0.129 e. The first-order valence-electron chi connectivity index (χ1n) is 15.2. The zero-order valence-corrected chi connectivity index (χ0v) is 28.3. The highest BCUT2D eigenvalue weighted by Crippen LogP contribution is 2.23. The zero-order chi connectivity index (χ0) is 32.9. The SMILES string of the molecule is Cc1cc(F)c(C(C)C)c(F)c1.Cc1ccc(C(C)C)c(F)c1.Cc1ccc(C(C)C)cc1.Cc1ccc(C(C)C)cn1. The van der Waals surface area contributed by atoms with E-state index in [2.05, 4.69) is 76.0 Å². The van der Waals surface area contributed by atoms with Crippen molar-refractivity contribution in [1.82, 2.24) is 4.98 Å². The van der Waals surface area contributed by atoms with Gasteiger partial charge >= 0.3 is 0 Å². The number of aromatic nitrogens is 1. The van der Waals surface area contributed by atoms with E-state index in [1.165, 1.54) is 28.8 Å². The Hall–Kier alpha value is -3.40. The average molecular weight is 592 g/mol. The molecule has 1 aromatic heterocycles. The van der Waals surface area contributed by atoms with Gasteiger partial charge in [0.25, 0.3) is 0 Å². The minimum Gasteiger partial charge on any atom is -0.261 e. The fourth-order valence-corrected chi connectivity index (χ4v) is 4.14. The normalized spacial score (nSPS) is 10.6. The Morgan fingerprint density at radius 3 is 1.33 bits per heavy atom. The van der Waals surface area contributed by atoms with Crippen LogP contribution in [0.1, 0.15) is 124 Å². The van der Waals surface area contributed by atoms with Crippen LogP contribution in [0.15, 0.2) is 72.9 Å². The van der Waals surface area contributed by atoms with Gasteiger partial charge in [0.05, 0.1) is 0 Å². The molecule has 0 radical (unpaired) electrons. The number of nitrogens with zero attached hydrogens (tertiary/aromatic N) is 1. The summed E-state index contributed by atoms with van der Waals surface area (Å²) in [7, 11) is 0. The predicted molar refractivity (Wildman–Crippen MR) is 179 cm³/mol. The largest absolute Gasteiger partial charge is 0.261 e. The van der Waals surface area contributed by atoms with Crippen LogP contribution in [0.4, 0.5) is 13.2 Å². The van der Waals surface area contributed by atoms with Crippen LogP contribution in [-0.4, -0.2) is 4.98 Å². The molecule has 4 heteroatoms. The molecule has 4 rings (SSSR count). The second kappa shape index (κ2) is 18.3. The Balaban J connectivity index is 0.000000287. The number of aryl methyl sites for hydroxylation is 4. The van der Waals surface area contributed by atoms with E-state index < -0.39 is 11.6 Å². The number of halogens is 3. The molecule has 0 unspecified atom stereocenters. The fraction of sp³-hybridized carbons (Fsp3) is 0.410. The Labute approximate surface area is 259 Å². The Bertz CT molecular complexity index is 1300. The van der Waals surface area contributed by atoms with Crippen molar-refractivity contribution in [3.8, 4) is 0 Å². The van der Waals surface area contributed by atoms with Crippen LogP contribution in [0.2, 0.25) is 0 Å². The predicted octanol–water partition coefficient (Wildman–Crippen LogP) is 12.3. The molecule has 0 amide bonds. The van der Waals surface area contributed by atoms with E-state index in [-0.39, 0.29) is 23.2 Å². The van der Waals surface area contributed by atoms with Gasteiger partial charge in [-0.3, -0.25) is 4.98 Å². The molecule has 1 heterocycles. The molecule has 0 aliphatic carbocycles. The average Bonchev–Trinajstić information content (AvgIpc) is 2.89. The molecule has 234 valence electrons. The van der Waals surface area contributed by atoms with Gasteiger partial charge < -0.3 is 0 Å². The molecule has 43 heavy (non-hydrogen) atoms. The summed E-state index contributed by atoms with van der Waals surface area (Å²) in [6, 6.07) is 21.0. The lowest BCUT2D eigenvalue weighted by Gasteiger charge is -2.08. The van der Waals surface area contributed by atoms with E-state index in [9.17, 15) is 13.2 Å². The van der Waals surface area contributed by atoms with Gasteiger partial charge in [-0.25, -0.2) is 13.2 Å². The fourth-order valence-electron chi connectivity index (χ4n) is 4.14. The van der Waals surface area contributed by atoms with Crippen molar-refractivity contribution >= 4 is 0 Å². The third kappa shape index (κ3) is 13.6. The Morgan fingerprint density at radius 1 is 0.465 bits per heavy atom. The summed E-state index contributed by atoms with van der Waals surface area (Å²) in [5, 5.41) is 0. The van der Waals surface area contributed by atoms with Crippen LogP contribution in [0.5, 0.6) is 0 Å². The van der Waals surface area contributed by atoms with Crippen molar-refractivity contribution in [2.45, 2.75) is 107 Å². The number of benzene rings is 3. The van der Waals surface area contributed by atoms with Crippen molar-refractivity contribution < 1.29 is 13.2 Å². The molecule has 1 nitrogen and oxygen atoms in total. The molecule has 0 saturated carbocycles. The highest BCUT2D eigenvalue weighted by atomic mass is 19.1. The highest BCUT2D eigenvalue weighted by Gasteiger charge is 2.12. The van der Waals surface area contributed by atoms with Crippen LogP contribution in [0, 0.1) is 45.1 Å². The van der Waals surface area contributed by atoms with Gasteiger partial charge in [0.15, 0.2) is 0 Å². The van der Waals surface area contributed by atoms with Crippen molar-refractivity contribution in [2.75, 3.05) is 0 Å². The molecule has 0 saturated heterocycles. The number of hydrogen-bond donors (Lipinski definition) is 0. The lowest BCUT2D eigenvalue weighted by Crippen LogP contribution is -1.98. The summed E-state index contributed by atoms with van der Waals surface area (Å²) in [4.78, 5) is 4.20. The van der Waals surface area contributed by atoms with E-state index >= 15 is 0 Å². The van der Waals surface area contributed by atoms with Crippen molar-refractivity contribution in [1.29, 1.82) is 0 Å². The van der Waals surface area contributed by atoms with Crippen LogP contribution < -0.4 is 0 Å². The summed E-state index contributed by atoms with van der Waals surface area (Å²) >= 11 is 0. The first kappa shape index (κ1) is 37.6. The van der Waals surface area contributed by atoms with Gasteiger partial charge in [0, 0.05) is 17.5 Å². The van der Waals surface area contributed by atoms with Gasteiger partial charge in [0.1, 0.15) is 17.5 Å². The maximum Gasteiger partial charge on any atom is 0.129 e. The zero-order valence-electron chi connectivity index (χ0n) is 28.3. The van der Waals surface area contributed by atoms with Crippen molar-refractivity contribution in [3.05, 3.63) is 135 Å².